The Balaban J connectivity index is 1.37. The lowest BCUT2D eigenvalue weighted by atomic mass is 9.98. The van der Waals surface area contributed by atoms with Crippen molar-refractivity contribution in [2.45, 2.75) is 37.7 Å². The zero-order valence-electron chi connectivity index (χ0n) is 18.6. The van der Waals surface area contributed by atoms with Crippen molar-refractivity contribution in [2.75, 3.05) is 26.2 Å². The fourth-order valence-electron chi connectivity index (χ4n) is 4.54. The quantitative estimate of drug-likeness (QED) is 0.658. The lowest BCUT2D eigenvalue weighted by Gasteiger charge is -2.30. The van der Waals surface area contributed by atoms with E-state index >= 15 is 0 Å². The number of hydrogen-bond acceptors (Lipinski definition) is 5. The van der Waals surface area contributed by atoms with Crippen molar-refractivity contribution in [3.05, 3.63) is 59.7 Å². The second-order valence-corrected chi connectivity index (χ2v) is 8.76. The standard InChI is InChI=1S/C25H28N2O6/c1-25(14-22(28)29,33-24(31)27-12-6-7-13-27)16-26-23(30)32-15-21-19-10-4-2-8-17(19)18-9-3-5-11-20(18)21/h2-5,8-11,21H,6-7,12-16H2,1H3,(H,26,30)(H,28,29). The number of ether oxygens (including phenoxy) is 2. The molecule has 1 atom stereocenters. The molecule has 8 heteroatoms. The van der Waals surface area contributed by atoms with Crippen molar-refractivity contribution in [1.29, 1.82) is 0 Å². The highest BCUT2D eigenvalue weighted by Gasteiger charge is 2.35. The Hall–Kier alpha value is -3.55. The predicted molar refractivity (Wildman–Crippen MR) is 121 cm³/mol. The molecule has 1 aliphatic heterocycles. The number of amides is 2. The molecule has 2 aromatic carbocycles. The Morgan fingerprint density at radius 1 is 1.03 bits per heavy atom. The number of alkyl carbamates (subject to hydrolysis) is 1. The highest BCUT2D eigenvalue weighted by Crippen LogP contribution is 2.44. The zero-order chi connectivity index (χ0) is 23.4. The van der Waals surface area contributed by atoms with Gasteiger partial charge in [0.05, 0.1) is 13.0 Å². The first-order valence-corrected chi connectivity index (χ1v) is 11.1. The molecule has 0 saturated carbocycles. The molecule has 1 unspecified atom stereocenters. The Morgan fingerprint density at radius 2 is 1.61 bits per heavy atom. The Morgan fingerprint density at radius 3 is 2.18 bits per heavy atom. The SMILES string of the molecule is CC(CNC(=O)OCC1c2ccccc2-c2ccccc21)(CC(=O)O)OC(=O)N1CCCC1. The Bertz CT molecular complexity index is 1000. The lowest BCUT2D eigenvalue weighted by Crippen LogP contribution is -2.48. The first kappa shape index (κ1) is 22.6. The summed E-state index contributed by atoms with van der Waals surface area (Å²) in [6.07, 6.45) is 0.0955. The highest BCUT2D eigenvalue weighted by molar-refractivity contribution is 5.79. The van der Waals surface area contributed by atoms with E-state index in [-0.39, 0.29) is 19.1 Å². The first-order chi connectivity index (χ1) is 15.9. The van der Waals surface area contributed by atoms with E-state index < -0.39 is 30.2 Å². The van der Waals surface area contributed by atoms with Gasteiger partial charge in [0.1, 0.15) is 12.2 Å². The van der Waals surface area contributed by atoms with Gasteiger partial charge in [0.2, 0.25) is 0 Å². The fraction of sp³-hybridized carbons (Fsp3) is 0.400. The summed E-state index contributed by atoms with van der Waals surface area (Å²) >= 11 is 0. The third-order valence-corrected chi connectivity index (χ3v) is 6.17. The predicted octanol–water partition coefficient (Wildman–Crippen LogP) is 3.99. The molecule has 2 N–H and O–H groups in total. The number of carbonyl (C=O) groups is 3. The minimum atomic E-state index is -1.39. The van der Waals surface area contributed by atoms with Crippen molar-refractivity contribution in [1.82, 2.24) is 10.2 Å². The molecule has 174 valence electrons. The van der Waals surface area contributed by atoms with Crippen LogP contribution in [-0.4, -0.2) is 60.0 Å². The van der Waals surface area contributed by atoms with E-state index in [2.05, 4.69) is 17.4 Å². The number of carboxylic acid groups (broad SMARTS) is 1. The average Bonchev–Trinajstić information content (AvgIpc) is 3.43. The summed E-state index contributed by atoms with van der Waals surface area (Å²) in [6.45, 7) is 2.64. The third kappa shape index (κ3) is 5.10. The number of hydrogen-bond donors (Lipinski definition) is 2. The second-order valence-electron chi connectivity index (χ2n) is 8.76. The summed E-state index contributed by atoms with van der Waals surface area (Å²) in [6, 6.07) is 16.1. The fourth-order valence-corrected chi connectivity index (χ4v) is 4.54. The third-order valence-electron chi connectivity index (χ3n) is 6.17. The van der Waals surface area contributed by atoms with Crippen molar-refractivity contribution < 1.29 is 29.0 Å². The van der Waals surface area contributed by atoms with Gasteiger partial charge in [-0.1, -0.05) is 48.5 Å². The van der Waals surface area contributed by atoms with Crippen molar-refractivity contribution >= 4 is 18.2 Å². The van der Waals surface area contributed by atoms with Crippen LogP contribution >= 0.6 is 0 Å². The van der Waals surface area contributed by atoms with Crippen LogP contribution in [0.1, 0.15) is 43.2 Å². The Kier molecular flexibility index (Phi) is 6.53. The number of aliphatic carboxylic acids is 1. The normalized spacial score (nSPS) is 16.5. The van der Waals surface area contributed by atoms with Gasteiger partial charge in [-0.25, -0.2) is 9.59 Å². The van der Waals surface area contributed by atoms with E-state index in [0.29, 0.717) is 13.1 Å². The first-order valence-electron chi connectivity index (χ1n) is 11.1. The summed E-state index contributed by atoms with van der Waals surface area (Å²) < 4.78 is 11.0. The van der Waals surface area contributed by atoms with Gasteiger partial charge in [-0.05, 0) is 42.0 Å². The zero-order valence-corrected chi connectivity index (χ0v) is 18.6. The van der Waals surface area contributed by atoms with E-state index in [1.807, 2.05) is 36.4 Å². The maximum absolute atomic E-state index is 12.5. The molecule has 2 aliphatic rings. The van der Waals surface area contributed by atoms with Crippen LogP contribution in [0.2, 0.25) is 0 Å². The summed E-state index contributed by atoms with van der Waals surface area (Å²) in [5, 5.41) is 11.9. The number of nitrogens with zero attached hydrogens (tertiary/aromatic N) is 1. The van der Waals surface area contributed by atoms with Gasteiger partial charge in [0, 0.05) is 19.0 Å². The van der Waals surface area contributed by atoms with E-state index in [1.54, 1.807) is 4.90 Å². The van der Waals surface area contributed by atoms with Gasteiger partial charge >= 0.3 is 18.2 Å². The van der Waals surface area contributed by atoms with Crippen LogP contribution in [0.15, 0.2) is 48.5 Å². The van der Waals surface area contributed by atoms with Gasteiger partial charge in [-0.15, -0.1) is 0 Å². The molecule has 33 heavy (non-hydrogen) atoms. The molecule has 1 aliphatic carbocycles. The van der Waals surface area contributed by atoms with Crippen LogP contribution < -0.4 is 5.32 Å². The van der Waals surface area contributed by atoms with Gasteiger partial charge < -0.3 is 24.8 Å². The molecule has 1 saturated heterocycles. The molecular formula is C25H28N2O6. The van der Waals surface area contributed by atoms with Gasteiger partial charge in [0.25, 0.3) is 0 Å². The Labute approximate surface area is 192 Å². The molecule has 8 nitrogen and oxygen atoms in total. The van der Waals surface area contributed by atoms with E-state index in [9.17, 15) is 19.5 Å². The van der Waals surface area contributed by atoms with Crippen LogP contribution in [-0.2, 0) is 14.3 Å². The number of nitrogens with one attached hydrogen (secondary N) is 1. The number of carboxylic acids is 1. The van der Waals surface area contributed by atoms with Gasteiger partial charge in [-0.3, -0.25) is 4.79 Å². The summed E-state index contributed by atoms with van der Waals surface area (Å²) in [7, 11) is 0. The van der Waals surface area contributed by atoms with Crippen molar-refractivity contribution in [3.63, 3.8) is 0 Å². The second kappa shape index (κ2) is 9.52. The monoisotopic (exact) mass is 452 g/mol. The minimum Gasteiger partial charge on any atom is -0.481 e. The summed E-state index contributed by atoms with van der Waals surface area (Å²) in [4.78, 5) is 37.7. The van der Waals surface area contributed by atoms with Crippen LogP contribution in [0.5, 0.6) is 0 Å². The average molecular weight is 453 g/mol. The summed E-state index contributed by atoms with van der Waals surface area (Å²) in [5.74, 6) is -1.21. The van der Waals surface area contributed by atoms with Gasteiger partial charge in [0.15, 0.2) is 0 Å². The van der Waals surface area contributed by atoms with E-state index in [4.69, 9.17) is 9.47 Å². The maximum Gasteiger partial charge on any atom is 0.410 e. The van der Waals surface area contributed by atoms with Crippen LogP contribution in [0.3, 0.4) is 0 Å². The molecule has 0 bridgehead atoms. The van der Waals surface area contributed by atoms with Crippen LogP contribution in [0.25, 0.3) is 11.1 Å². The number of benzene rings is 2. The number of carbonyl (C=O) groups excluding carboxylic acids is 2. The molecule has 1 heterocycles. The lowest BCUT2D eigenvalue weighted by molar-refractivity contribution is -0.142. The number of likely N-dealkylation sites (tertiary alicyclic amines) is 1. The molecule has 0 spiro atoms. The van der Waals surface area contributed by atoms with Crippen LogP contribution in [0, 0.1) is 0 Å². The molecule has 2 amide bonds. The topological polar surface area (TPSA) is 105 Å². The van der Waals surface area contributed by atoms with E-state index in [1.165, 1.54) is 6.92 Å². The van der Waals surface area contributed by atoms with Crippen molar-refractivity contribution in [3.8, 4) is 11.1 Å². The molecule has 0 aromatic heterocycles. The molecule has 2 aromatic rings. The minimum absolute atomic E-state index is 0.0819. The maximum atomic E-state index is 12.5. The van der Waals surface area contributed by atoms with Gasteiger partial charge in [-0.2, -0.15) is 0 Å². The highest BCUT2D eigenvalue weighted by atomic mass is 16.6. The van der Waals surface area contributed by atoms with Crippen molar-refractivity contribution in [2.24, 2.45) is 0 Å². The smallest absolute Gasteiger partial charge is 0.410 e. The van der Waals surface area contributed by atoms with Crippen LogP contribution in [0.4, 0.5) is 9.59 Å². The largest absolute Gasteiger partial charge is 0.481 e. The summed E-state index contributed by atoms with van der Waals surface area (Å²) in [5.41, 5.74) is 3.07. The number of fused-ring (bicyclic) bond motifs is 3. The number of rotatable bonds is 7. The molecule has 1 fully saturated rings. The molecule has 4 rings (SSSR count). The molecule has 0 radical (unpaired) electrons. The molecular weight excluding hydrogens is 424 g/mol. The van der Waals surface area contributed by atoms with E-state index in [0.717, 1.165) is 35.1 Å².